The summed E-state index contributed by atoms with van der Waals surface area (Å²) in [4.78, 5) is 22.0. The SMILES string of the molecule is CCOc1cccc2cc(C(=O)N(CCN(C)C)c3nc4c(C)c(Cl)ccc4s3)oc12.Cl. The van der Waals surface area contributed by atoms with Gasteiger partial charge in [0.25, 0.3) is 5.91 Å². The van der Waals surface area contributed by atoms with Crippen molar-refractivity contribution in [1.82, 2.24) is 9.88 Å². The van der Waals surface area contributed by atoms with E-state index in [1.807, 2.05) is 63.2 Å². The van der Waals surface area contributed by atoms with E-state index in [-0.39, 0.29) is 24.1 Å². The van der Waals surface area contributed by atoms with Crippen LogP contribution in [0.25, 0.3) is 21.2 Å². The van der Waals surface area contributed by atoms with E-state index < -0.39 is 0 Å². The summed E-state index contributed by atoms with van der Waals surface area (Å²) in [6.07, 6.45) is 0. The van der Waals surface area contributed by atoms with Crippen LogP contribution in [0.15, 0.2) is 40.8 Å². The molecule has 0 unspecified atom stereocenters. The lowest BCUT2D eigenvalue weighted by molar-refractivity contribution is 0.0960. The molecule has 0 spiro atoms. The molecule has 170 valence electrons. The number of carbonyl (C=O) groups excluding carboxylic acids is 1. The van der Waals surface area contributed by atoms with Gasteiger partial charge in [0.05, 0.1) is 16.8 Å². The standard InChI is InChI=1S/C23H24ClN3O3S.ClH/c1-5-29-17-8-6-7-15-13-18(30-21(15)17)22(28)27(12-11-26(3)4)23-25-20-14(2)16(24)9-10-19(20)31-23;/h6-10,13H,5,11-12H2,1-4H3;1H. The molecular weight excluding hydrogens is 469 g/mol. The van der Waals surface area contributed by atoms with Gasteiger partial charge in [-0.25, -0.2) is 4.98 Å². The summed E-state index contributed by atoms with van der Waals surface area (Å²) >= 11 is 7.75. The molecule has 0 fully saturated rings. The Morgan fingerprint density at radius 3 is 2.72 bits per heavy atom. The first-order valence-electron chi connectivity index (χ1n) is 10.1. The molecule has 0 atom stereocenters. The maximum absolute atomic E-state index is 13.5. The highest BCUT2D eigenvalue weighted by Crippen LogP contribution is 2.35. The number of aromatic nitrogens is 1. The first kappa shape index (κ1) is 24.3. The summed E-state index contributed by atoms with van der Waals surface area (Å²) in [6, 6.07) is 11.2. The third-order valence-electron chi connectivity index (χ3n) is 5.00. The number of likely N-dealkylation sites (N-methyl/N-ethyl adjacent to an activating group) is 1. The lowest BCUT2D eigenvalue weighted by atomic mass is 10.2. The summed E-state index contributed by atoms with van der Waals surface area (Å²) in [7, 11) is 3.95. The number of amides is 1. The number of hydrogen-bond donors (Lipinski definition) is 0. The van der Waals surface area contributed by atoms with Gasteiger partial charge in [-0.05, 0) is 57.8 Å². The molecular formula is C23H25Cl2N3O3S. The zero-order valence-electron chi connectivity index (χ0n) is 18.3. The topological polar surface area (TPSA) is 58.8 Å². The minimum atomic E-state index is -0.233. The van der Waals surface area contributed by atoms with Crippen molar-refractivity contribution in [2.75, 3.05) is 38.7 Å². The monoisotopic (exact) mass is 493 g/mol. The Balaban J connectivity index is 0.00000289. The number of halogens is 2. The molecule has 2 heterocycles. The number of carbonyl (C=O) groups is 1. The Bertz CT molecular complexity index is 1250. The second-order valence-electron chi connectivity index (χ2n) is 7.49. The lowest BCUT2D eigenvalue weighted by Gasteiger charge is -2.20. The number of anilines is 1. The molecule has 9 heteroatoms. The number of nitrogens with zero attached hydrogens (tertiary/aromatic N) is 3. The number of furan rings is 1. The van der Waals surface area contributed by atoms with Gasteiger partial charge in [-0.15, -0.1) is 12.4 Å². The van der Waals surface area contributed by atoms with E-state index >= 15 is 0 Å². The minimum Gasteiger partial charge on any atom is -0.490 e. The summed E-state index contributed by atoms with van der Waals surface area (Å²) in [5, 5.41) is 2.11. The van der Waals surface area contributed by atoms with Crippen LogP contribution in [0.5, 0.6) is 5.75 Å². The number of rotatable bonds is 7. The Hall–Kier alpha value is -2.32. The number of hydrogen-bond acceptors (Lipinski definition) is 6. The molecule has 0 N–H and O–H groups in total. The van der Waals surface area contributed by atoms with Crippen LogP contribution in [0.4, 0.5) is 5.13 Å². The van der Waals surface area contributed by atoms with Gasteiger partial charge in [-0.3, -0.25) is 9.69 Å². The Morgan fingerprint density at radius 2 is 2.00 bits per heavy atom. The average Bonchev–Trinajstić information content (AvgIpc) is 3.36. The second kappa shape index (κ2) is 10.1. The van der Waals surface area contributed by atoms with E-state index in [0.29, 0.717) is 41.2 Å². The molecule has 0 aliphatic carbocycles. The van der Waals surface area contributed by atoms with Crippen molar-refractivity contribution in [2.24, 2.45) is 0 Å². The smallest absolute Gasteiger partial charge is 0.295 e. The molecule has 32 heavy (non-hydrogen) atoms. The largest absolute Gasteiger partial charge is 0.490 e. The fourth-order valence-electron chi connectivity index (χ4n) is 3.33. The lowest BCUT2D eigenvalue weighted by Crippen LogP contribution is -2.36. The Kier molecular flexibility index (Phi) is 7.67. The normalized spacial score (nSPS) is 11.2. The molecule has 0 radical (unpaired) electrons. The molecule has 4 rings (SSSR count). The highest BCUT2D eigenvalue weighted by atomic mass is 35.5. The van der Waals surface area contributed by atoms with E-state index in [0.717, 1.165) is 21.2 Å². The fourth-order valence-corrected chi connectivity index (χ4v) is 4.53. The van der Waals surface area contributed by atoms with Gasteiger partial charge in [-0.1, -0.05) is 35.1 Å². The molecule has 0 aliphatic heterocycles. The predicted octanol–water partition coefficient (Wildman–Crippen LogP) is 6.03. The zero-order valence-corrected chi connectivity index (χ0v) is 20.7. The highest BCUT2D eigenvalue weighted by Gasteiger charge is 2.25. The number of thiazole rings is 1. The van der Waals surface area contributed by atoms with E-state index in [2.05, 4.69) is 0 Å². The van der Waals surface area contributed by atoms with Crippen LogP contribution in [-0.4, -0.2) is 49.6 Å². The van der Waals surface area contributed by atoms with E-state index in [1.165, 1.54) is 11.3 Å². The van der Waals surface area contributed by atoms with Crippen molar-refractivity contribution in [3.63, 3.8) is 0 Å². The van der Waals surface area contributed by atoms with Gasteiger partial charge < -0.3 is 14.1 Å². The fraction of sp³-hybridized carbons (Fsp3) is 0.304. The Labute approximate surface area is 202 Å². The van der Waals surface area contributed by atoms with E-state index in [9.17, 15) is 4.79 Å². The van der Waals surface area contributed by atoms with Crippen LogP contribution in [0.3, 0.4) is 0 Å². The molecule has 1 amide bonds. The van der Waals surface area contributed by atoms with Crippen LogP contribution < -0.4 is 9.64 Å². The summed E-state index contributed by atoms with van der Waals surface area (Å²) < 4.78 is 12.6. The van der Waals surface area contributed by atoms with Gasteiger partial charge in [0.2, 0.25) is 0 Å². The first-order valence-corrected chi connectivity index (χ1v) is 11.3. The van der Waals surface area contributed by atoms with Gasteiger partial charge in [-0.2, -0.15) is 0 Å². The molecule has 0 saturated heterocycles. The number of aryl methyl sites for hydroxylation is 1. The van der Waals surface area contributed by atoms with Crippen molar-refractivity contribution in [2.45, 2.75) is 13.8 Å². The maximum Gasteiger partial charge on any atom is 0.295 e. The summed E-state index contributed by atoms with van der Waals surface area (Å²) in [5.74, 6) is 0.655. The molecule has 0 saturated carbocycles. The number of benzene rings is 2. The third kappa shape index (κ3) is 4.71. The molecule has 4 aromatic rings. The van der Waals surface area contributed by atoms with Gasteiger partial charge in [0, 0.05) is 23.5 Å². The maximum atomic E-state index is 13.5. The van der Waals surface area contributed by atoms with E-state index in [1.54, 1.807) is 11.0 Å². The molecule has 0 aliphatic rings. The second-order valence-corrected chi connectivity index (χ2v) is 8.91. The van der Waals surface area contributed by atoms with Crippen molar-refractivity contribution >= 4 is 67.6 Å². The summed E-state index contributed by atoms with van der Waals surface area (Å²) in [5.41, 5.74) is 2.30. The first-order chi connectivity index (χ1) is 14.9. The van der Waals surface area contributed by atoms with Crippen LogP contribution in [0.2, 0.25) is 5.02 Å². The van der Waals surface area contributed by atoms with Crippen molar-refractivity contribution < 1.29 is 13.9 Å². The molecule has 0 bridgehead atoms. The average molecular weight is 494 g/mol. The van der Waals surface area contributed by atoms with Gasteiger partial charge >= 0.3 is 0 Å². The van der Waals surface area contributed by atoms with Gasteiger partial charge in [0.1, 0.15) is 0 Å². The molecule has 2 aromatic carbocycles. The van der Waals surface area contributed by atoms with Crippen LogP contribution in [0.1, 0.15) is 23.0 Å². The third-order valence-corrected chi connectivity index (χ3v) is 6.46. The highest BCUT2D eigenvalue weighted by molar-refractivity contribution is 7.22. The van der Waals surface area contributed by atoms with Crippen LogP contribution >= 0.6 is 35.3 Å². The van der Waals surface area contributed by atoms with Crippen molar-refractivity contribution in [1.29, 1.82) is 0 Å². The molecule has 6 nitrogen and oxygen atoms in total. The van der Waals surface area contributed by atoms with E-state index in [4.69, 9.17) is 25.7 Å². The van der Waals surface area contributed by atoms with Crippen molar-refractivity contribution in [3.8, 4) is 5.75 Å². The van der Waals surface area contributed by atoms with Crippen LogP contribution in [-0.2, 0) is 0 Å². The quantitative estimate of drug-likeness (QED) is 0.314. The molecule has 2 aromatic heterocycles. The van der Waals surface area contributed by atoms with Crippen molar-refractivity contribution in [3.05, 3.63) is 52.7 Å². The van der Waals surface area contributed by atoms with Crippen LogP contribution in [0, 0.1) is 6.92 Å². The zero-order chi connectivity index (χ0) is 22.1. The predicted molar refractivity (Wildman–Crippen MR) is 134 cm³/mol. The Morgan fingerprint density at radius 1 is 1.22 bits per heavy atom. The number of fused-ring (bicyclic) bond motifs is 2. The van der Waals surface area contributed by atoms with Gasteiger partial charge in [0.15, 0.2) is 22.2 Å². The number of para-hydroxylation sites is 1. The minimum absolute atomic E-state index is 0. The number of ether oxygens (including phenoxy) is 1. The summed E-state index contributed by atoms with van der Waals surface area (Å²) in [6.45, 7) is 5.54.